The molecule has 0 bridgehead atoms. The van der Waals surface area contributed by atoms with E-state index in [1.165, 1.54) is 0 Å². The number of ether oxygens (including phenoxy) is 1. The fourth-order valence-electron chi connectivity index (χ4n) is 3.02. The van der Waals surface area contributed by atoms with Gasteiger partial charge in [0.1, 0.15) is 11.8 Å². The molecule has 1 N–H and O–H groups in total. The second-order valence-corrected chi connectivity index (χ2v) is 6.79. The van der Waals surface area contributed by atoms with Crippen molar-refractivity contribution in [2.24, 2.45) is 0 Å². The van der Waals surface area contributed by atoms with Gasteiger partial charge in [0.05, 0.1) is 5.56 Å². The lowest BCUT2D eigenvalue weighted by atomic mass is 10.2. The van der Waals surface area contributed by atoms with Crippen LogP contribution in [0, 0.1) is 11.3 Å². The zero-order valence-corrected chi connectivity index (χ0v) is 16.5. The topological polar surface area (TPSA) is 65.4 Å². The van der Waals surface area contributed by atoms with E-state index in [9.17, 15) is 4.79 Å². The number of nitrogens with zero attached hydrogens (tertiary/aromatic N) is 2. The summed E-state index contributed by atoms with van der Waals surface area (Å²) in [6.45, 7) is 3.77. The zero-order chi connectivity index (χ0) is 20.6. The molecule has 0 aliphatic rings. The average molecular weight is 385 g/mol. The summed E-state index contributed by atoms with van der Waals surface area (Å²) in [5.41, 5.74) is 3.14. The van der Waals surface area contributed by atoms with Crippen molar-refractivity contribution in [1.82, 2.24) is 0 Å². The minimum atomic E-state index is -0.170. The molecule has 0 atom stereocenters. The molecule has 3 aromatic carbocycles. The van der Waals surface area contributed by atoms with Gasteiger partial charge in [-0.15, -0.1) is 0 Å². The van der Waals surface area contributed by atoms with Gasteiger partial charge in [0.2, 0.25) is 0 Å². The van der Waals surface area contributed by atoms with Crippen molar-refractivity contribution in [1.29, 1.82) is 5.26 Å². The van der Waals surface area contributed by atoms with Crippen LogP contribution in [0.2, 0.25) is 0 Å². The third-order valence-corrected chi connectivity index (χ3v) is 4.35. The largest absolute Gasteiger partial charge is 0.482 e. The van der Waals surface area contributed by atoms with Gasteiger partial charge in [0, 0.05) is 23.1 Å². The molecule has 0 aromatic heterocycles. The Morgan fingerprint density at radius 1 is 0.966 bits per heavy atom. The maximum Gasteiger partial charge on any atom is 0.265 e. The van der Waals surface area contributed by atoms with Gasteiger partial charge in [-0.25, -0.2) is 0 Å². The molecule has 0 radical (unpaired) electrons. The van der Waals surface area contributed by atoms with Crippen LogP contribution >= 0.6 is 0 Å². The highest BCUT2D eigenvalue weighted by Gasteiger charge is 2.20. The first-order valence-electron chi connectivity index (χ1n) is 9.44. The number of anilines is 3. The number of nitriles is 1. The number of amides is 1. The molecular formula is C24H23N3O2. The van der Waals surface area contributed by atoms with E-state index >= 15 is 0 Å². The Hall–Kier alpha value is -3.78. The molecule has 0 fully saturated rings. The van der Waals surface area contributed by atoms with Gasteiger partial charge in [-0.3, -0.25) is 4.79 Å². The highest BCUT2D eigenvalue weighted by Crippen LogP contribution is 2.23. The second-order valence-electron chi connectivity index (χ2n) is 6.79. The van der Waals surface area contributed by atoms with E-state index in [0.717, 1.165) is 17.1 Å². The predicted octanol–water partition coefficient (Wildman–Crippen LogP) is 5.12. The van der Waals surface area contributed by atoms with E-state index < -0.39 is 0 Å². The Morgan fingerprint density at radius 2 is 1.59 bits per heavy atom. The number of para-hydroxylation sites is 2. The van der Waals surface area contributed by atoms with Crippen LogP contribution in [0.4, 0.5) is 17.1 Å². The molecule has 0 saturated carbocycles. The zero-order valence-electron chi connectivity index (χ0n) is 16.5. The fraction of sp³-hybridized carbons (Fsp3) is 0.167. The highest BCUT2D eigenvalue weighted by atomic mass is 16.5. The van der Waals surface area contributed by atoms with Gasteiger partial charge in [0.15, 0.2) is 6.61 Å². The minimum Gasteiger partial charge on any atom is -0.482 e. The lowest BCUT2D eigenvalue weighted by Gasteiger charge is -2.27. The molecule has 0 saturated heterocycles. The lowest BCUT2D eigenvalue weighted by Crippen LogP contribution is -2.40. The molecule has 0 aliphatic carbocycles. The van der Waals surface area contributed by atoms with Crippen molar-refractivity contribution < 1.29 is 9.53 Å². The number of hydrogen-bond donors (Lipinski definition) is 1. The molecule has 3 aromatic rings. The summed E-state index contributed by atoms with van der Waals surface area (Å²) in [6.07, 6.45) is 0. The summed E-state index contributed by atoms with van der Waals surface area (Å²) in [4.78, 5) is 14.5. The van der Waals surface area contributed by atoms with E-state index in [0.29, 0.717) is 11.3 Å². The number of carbonyl (C=O) groups is 1. The van der Waals surface area contributed by atoms with Crippen LogP contribution in [0.3, 0.4) is 0 Å². The second kappa shape index (κ2) is 9.43. The summed E-state index contributed by atoms with van der Waals surface area (Å²) < 4.78 is 5.62. The quantitative estimate of drug-likeness (QED) is 0.613. The smallest absolute Gasteiger partial charge is 0.265 e. The van der Waals surface area contributed by atoms with Gasteiger partial charge in [0.25, 0.3) is 5.91 Å². The Labute approximate surface area is 171 Å². The summed E-state index contributed by atoms with van der Waals surface area (Å²) >= 11 is 0. The van der Waals surface area contributed by atoms with Crippen LogP contribution in [-0.4, -0.2) is 18.6 Å². The van der Waals surface area contributed by atoms with Crippen molar-refractivity contribution in [3.8, 4) is 11.8 Å². The molecule has 29 heavy (non-hydrogen) atoms. The molecule has 0 spiro atoms. The van der Waals surface area contributed by atoms with Crippen LogP contribution in [0.1, 0.15) is 19.4 Å². The van der Waals surface area contributed by atoms with E-state index in [1.807, 2.05) is 68.4 Å². The molecule has 0 aliphatic heterocycles. The van der Waals surface area contributed by atoms with Gasteiger partial charge in [-0.05, 0) is 62.4 Å². The van der Waals surface area contributed by atoms with Crippen LogP contribution < -0.4 is 15.0 Å². The van der Waals surface area contributed by atoms with E-state index in [1.54, 1.807) is 29.2 Å². The third-order valence-electron chi connectivity index (χ3n) is 4.35. The molecule has 0 unspecified atom stereocenters. The Balaban J connectivity index is 1.70. The monoisotopic (exact) mass is 385 g/mol. The molecule has 1 amide bonds. The first kappa shape index (κ1) is 20.0. The molecule has 5 heteroatoms. The standard InChI is InChI=1S/C24H23N3O2/c1-18(2)27(24(28)17-29-23-11-7-6-8-19(23)16-25)22-14-12-21(13-15-22)26-20-9-4-3-5-10-20/h3-15,18,26H,17H2,1-2H3. The Bertz CT molecular complexity index is 993. The molecular weight excluding hydrogens is 362 g/mol. The summed E-state index contributed by atoms with van der Waals surface area (Å²) in [6, 6.07) is 26.5. The minimum absolute atomic E-state index is 0.0368. The maximum absolute atomic E-state index is 12.8. The van der Waals surface area contributed by atoms with Gasteiger partial charge >= 0.3 is 0 Å². The number of hydrogen-bond acceptors (Lipinski definition) is 4. The van der Waals surface area contributed by atoms with E-state index in [2.05, 4.69) is 11.4 Å². The summed E-state index contributed by atoms with van der Waals surface area (Å²) in [7, 11) is 0. The first-order valence-corrected chi connectivity index (χ1v) is 9.44. The van der Waals surface area contributed by atoms with E-state index in [-0.39, 0.29) is 18.6 Å². The number of rotatable bonds is 7. The predicted molar refractivity (Wildman–Crippen MR) is 115 cm³/mol. The summed E-state index contributed by atoms with van der Waals surface area (Å²) in [5, 5.41) is 12.5. The molecule has 0 heterocycles. The van der Waals surface area contributed by atoms with Crippen molar-refractivity contribution in [2.75, 3.05) is 16.8 Å². The van der Waals surface area contributed by atoms with Crippen LogP contribution in [0.15, 0.2) is 78.9 Å². The van der Waals surface area contributed by atoms with Gasteiger partial charge < -0.3 is 15.0 Å². The number of carbonyl (C=O) groups excluding carboxylic acids is 1. The van der Waals surface area contributed by atoms with Crippen LogP contribution in [0.25, 0.3) is 0 Å². The average Bonchev–Trinajstić information content (AvgIpc) is 2.74. The fourth-order valence-corrected chi connectivity index (χ4v) is 3.02. The maximum atomic E-state index is 12.8. The summed E-state index contributed by atoms with van der Waals surface area (Å²) in [5.74, 6) is 0.242. The normalized spacial score (nSPS) is 10.3. The van der Waals surface area contributed by atoms with E-state index in [4.69, 9.17) is 10.00 Å². The number of nitrogens with one attached hydrogen (secondary N) is 1. The number of benzene rings is 3. The molecule has 5 nitrogen and oxygen atoms in total. The van der Waals surface area contributed by atoms with Crippen molar-refractivity contribution in [2.45, 2.75) is 19.9 Å². The van der Waals surface area contributed by atoms with Gasteiger partial charge in [-0.2, -0.15) is 5.26 Å². The van der Waals surface area contributed by atoms with Gasteiger partial charge in [-0.1, -0.05) is 30.3 Å². The SMILES string of the molecule is CC(C)N(C(=O)COc1ccccc1C#N)c1ccc(Nc2ccccc2)cc1. The molecule has 3 rings (SSSR count). The lowest BCUT2D eigenvalue weighted by molar-refractivity contribution is -0.120. The highest BCUT2D eigenvalue weighted by molar-refractivity contribution is 5.95. The van der Waals surface area contributed by atoms with Crippen LogP contribution in [-0.2, 0) is 4.79 Å². The van der Waals surface area contributed by atoms with Crippen LogP contribution in [0.5, 0.6) is 5.75 Å². The Kier molecular flexibility index (Phi) is 6.49. The van der Waals surface area contributed by atoms with Crippen molar-refractivity contribution in [3.05, 3.63) is 84.4 Å². The van der Waals surface area contributed by atoms with Crippen molar-refractivity contribution in [3.63, 3.8) is 0 Å². The molecule has 146 valence electrons. The van der Waals surface area contributed by atoms with Crippen molar-refractivity contribution >= 4 is 23.0 Å². The first-order chi connectivity index (χ1) is 14.1. The Morgan fingerprint density at radius 3 is 2.24 bits per heavy atom. The third kappa shape index (κ3) is 5.14.